The Balaban J connectivity index is 2.19. The van der Waals surface area contributed by atoms with E-state index in [1.807, 2.05) is 0 Å². The van der Waals surface area contributed by atoms with E-state index in [1.165, 1.54) is 7.11 Å². The number of ether oxygens (including phenoxy) is 2. The van der Waals surface area contributed by atoms with Gasteiger partial charge in [0.15, 0.2) is 0 Å². The predicted octanol–water partition coefficient (Wildman–Crippen LogP) is 0.421. The summed E-state index contributed by atoms with van der Waals surface area (Å²) in [6.07, 6.45) is 0. The number of carbonyl (C=O) groups excluding carboxylic acids is 2. The van der Waals surface area contributed by atoms with Crippen molar-refractivity contribution in [1.29, 1.82) is 0 Å². The second-order valence-corrected chi connectivity index (χ2v) is 4.42. The standard InChI is InChI=1S/C13H15NO5/c1-18-11(16)9-4-2-3-5-10(9)14-12(17)13(6-15)7-19-8-13/h2-5,15H,6-8H2,1H3,(H,14,17). The number of methoxy groups -OCH3 is 1. The first-order valence-corrected chi connectivity index (χ1v) is 5.80. The lowest BCUT2D eigenvalue weighted by Crippen LogP contribution is -2.54. The van der Waals surface area contributed by atoms with Crippen molar-refractivity contribution in [3.63, 3.8) is 0 Å². The Morgan fingerprint density at radius 3 is 2.63 bits per heavy atom. The van der Waals surface area contributed by atoms with Gasteiger partial charge in [-0.15, -0.1) is 0 Å². The van der Waals surface area contributed by atoms with E-state index in [-0.39, 0.29) is 31.3 Å². The van der Waals surface area contributed by atoms with E-state index in [1.54, 1.807) is 24.3 Å². The van der Waals surface area contributed by atoms with Crippen molar-refractivity contribution in [3.8, 4) is 0 Å². The minimum atomic E-state index is -0.913. The summed E-state index contributed by atoms with van der Waals surface area (Å²) in [5, 5.41) is 11.9. The lowest BCUT2D eigenvalue weighted by atomic mass is 9.86. The summed E-state index contributed by atoms with van der Waals surface area (Å²) in [5.74, 6) is -0.892. The van der Waals surface area contributed by atoms with Gasteiger partial charge in [-0.2, -0.15) is 0 Å². The predicted molar refractivity (Wildman–Crippen MR) is 66.7 cm³/mol. The van der Waals surface area contributed by atoms with Crippen LogP contribution in [0.15, 0.2) is 24.3 Å². The molecule has 6 heteroatoms. The van der Waals surface area contributed by atoms with E-state index >= 15 is 0 Å². The molecule has 0 atom stereocenters. The molecule has 19 heavy (non-hydrogen) atoms. The van der Waals surface area contributed by atoms with Crippen LogP contribution in [0.3, 0.4) is 0 Å². The topological polar surface area (TPSA) is 84.9 Å². The molecule has 0 saturated carbocycles. The van der Waals surface area contributed by atoms with Gasteiger partial charge >= 0.3 is 5.97 Å². The van der Waals surface area contributed by atoms with Crippen molar-refractivity contribution < 1.29 is 24.2 Å². The summed E-state index contributed by atoms with van der Waals surface area (Å²) >= 11 is 0. The highest BCUT2D eigenvalue weighted by molar-refractivity contribution is 6.03. The number of esters is 1. The molecule has 102 valence electrons. The zero-order valence-corrected chi connectivity index (χ0v) is 10.5. The van der Waals surface area contributed by atoms with Crippen LogP contribution < -0.4 is 5.32 Å². The first kappa shape index (κ1) is 13.5. The largest absolute Gasteiger partial charge is 0.465 e. The van der Waals surface area contributed by atoms with Crippen molar-refractivity contribution in [2.45, 2.75) is 0 Å². The van der Waals surface area contributed by atoms with E-state index in [9.17, 15) is 14.7 Å². The highest BCUT2D eigenvalue weighted by atomic mass is 16.5. The molecule has 1 aliphatic rings. The molecular formula is C13H15NO5. The fourth-order valence-corrected chi connectivity index (χ4v) is 1.78. The van der Waals surface area contributed by atoms with Crippen molar-refractivity contribution in [1.82, 2.24) is 0 Å². The molecule has 0 aliphatic carbocycles. The van der Waals surface area contributed by atoms with Gasteiger partial charge in [0.2, 0.25) is 5.91 Å². The van der Waals surface area contributed by atoms with E-state index in [2.05, 4.69) is 10.1 Å². The zero-order valence-electron chi connectivity index (χ0n) is 10.5. The van der Waals surface area contributed by atoms with Crippen LogP contribution in [-0.4, -0.2) is 43.9 Å². The molecule has 0 unspecified atom stereocenters. The van der Waals surface area contributed by atoms with Gasteiger partial charge in [0.05, 0.1) is 38.2 Å². The van der Waals surface area contributed by atoms with Gasteiger partial charge < -0.3 is 19.9 Å². The molecule has 1 saturated heterocycles. The van der Waals surface area contributed by atoms with Crippen LogP contribution in [0.25, 0.3) is 0 Å². The highest BCUT2D eigenvalue weighted by Gasteiger charge is 2.45. The molecule has 0 aromatic heterocycles. The van der Waals surface area contributed by atoms with Gasteiger partial charge in [-0.05, 0) is 12.1 Å². The molecule has 1 aliphatic heterocycles. The number of benzene rings is 1. The zero-order chi connectivity index (χ0) is 13.9. The Morgan fingerprint density at radius 2 is 2.11 bits per heavy atom. The Morgan fingerprint density at radius 1 is 1.42 bits per heavy atom. The molecule has 0 bridgehead atoms. The molecule has 0 spiro atoms. The fourth-order valence-electron chi connectivity index (χ4n) is 1.78. The molecule has 1 aromatic carbocycles. The number of carbonyl (C=O) groups is 2. The number of nitrogens with one attached hydrogen (secondary N) is 1. The summed E-state index contributed by atoms with van der Waals surface area (Å²) in [7, 11) is 1.27. The summed E-state index contributed by atoms with van der Waals surface area (Å²) in [5.41, 5.74) is -0.283. The monoisotopic (exact) mass is 265 g/mol. The van der Waals surface area contributed by atoms with Crippen LogP contribution in [0.4, 0.5) is 5.69 Å². The lowest BCUT2D eigenvalue weighted by Gasteiger charge is -2.38. The number of hydrogen-bond acceptors (Lipinski definition) is 5. The smallest absolute Gasteiger partial charge is 0.339 e. The van der Waals surface area contributed by atoms with E-state index in [0.717, 1.165) is 0 Å². The first-order valence-electron chi connectivity index (χ1n) is 5.80. The Bertz CT molecular complexity index is 490. The van der Waals surface area contributed by atoms with Gasteiger partial charge in [-0.1, -0.05) is 12.1 Å². The average molecular weight is 265 g/mol. The van der Waals surface area contributed by atoms with Crippen LogP contribution in [0.5, 0.6) is 0 Å². The number of hydrogen-bond donors (Lipinski definition) is 2. The van der Waals surface area contributed by atoms with Crippen molar-refractivity contribution in [2.24, 2.45) is 5.41 Å². The third kappa shape index (κ3) is 2.45. The second-order valence-electron chi connectivity index (χ2n) is 4.42. The maximum atomic E-state index is 12.1. The number of amides is 1. The van der Waals surface area contributed by atoms with Gasteiger partial charge in [0.1, 0.15) is 5.41 Å². The quantitative estimate of drug-likeness (QED) is 0.771. The summed E-state index contributed by atoms with van der Waals surface area (Å²) < 4.78 is 9.62. The Kier molecular flexibility index (Phi) is 3.82. The van der Waals surface area contributed by atoms with Crippen LogP contribution in [-0.2, 0) is 14.3 Å². The first-order chi connectivity index (χ1) is 9.13. The molecule has 1 heterocycles. The molecule has 2 N–H and O–H groups in total. The maximum absolute atomic E-state index is 12.1. The molecular weight excluding hydrogens is 250 g/mol. The molecule has 2 rings (SSSR count). The number of aliphatic hydroxyl groups is 1. The molecule has 1 fully saturated rings. The number of aliphatic hydroxyl groups excluding tert-OH is 1. The number of para-hydroxylation sites is 1. The van der Waals surface area contributed by atoms with Crippen molar-refractivity contribution >= 4 is 17.6 Å². The van der Waals surface area contributed by atoms with Gasteiger partial charge in [-0.25, -0.2) is 4.79 Å². The third-order valence-electron chi connectivity index (χ3n) is 3.12. The van der Waals surface area contributed by atoms with Crippen LogP contribution in [0, 0.1) is 5.41 Å². The minimum absolute atomic E-state index is 0.176. The van der Waals surface area contributed by atoms with Crippen molar-refractivity contribution in [2.75, 3.05) is 32.2 Å². The summed E-state index contributed by atoms with van der Waals surface area (Å²) in [6.45, 7) is 0.0602. The number of rotatable bonds is 4. The van der Waals surface area contributed by atoms with Crippen molar-refractivity contribution in [3.05, 3.63) is 29.8 Å². The normalized spacial score (nSPS) is 16.3. The SMILES string of the molecule is COC(=O)c1ccccc1NC(=O)C1(CO)COC1. The second kappa shape index (κ2) is 5.38. The van der Waals surface area contributed by atoms with Crippen LogP contribution >= 0.6 is 0 Å². The van der Waals surface area contributed by atoms with Gasteiger partial charge in [0, 0.05) is 0 Å². The molecule has 0 radical (unpaired) electrons. The van der Waals surface area contributed by atoms with Gasteiger partial charge in [-0.3, -0.25) is 4.79 Å². The van der Waals surface area contributed by atoms with E-state index < -0.39 is 11.4 Å². The third-order valence-corrected chi connectivity index (χ3v) is 3.12. The Labute approximate surface area is 110 Å². The molecule has 1 amide bonds. The molecule has 6 nitrogen and oxygen atoms in total. The Hall–Kier alpha value is -1.92. The van der Waals surface area contributed by atoms with E-state index in [4.69, 9.17) is 4.74 Å². The minimum Gasteiger partial charge on any atom is -0.465 e. The average Bonchev–Trinajstić information content (AvgIpc) is 2.38. The molecule has 1 aromatic rings. The summed E-state index contributed by atoms with van der Waals surface area (Å²) in [6, 6.07) is 6.54. The summed E-state index contributed by atoms with van der Waals surface area (Å²) in [4.78, 5) is 23.7. The van der Waals surface area contributed by atoms with Crippen LogP contribution in [0.1, 0.15) is 10.4 Å². The van der Waals surface area contributed by atoms with Gasteiger partial charge in [0.25, 0.3) is 0 Å². The van der Waals surface area contributed by atoms with Crippen LogP contribution in [0.2, 0.25) is 0 Å². The van der Waals surface area contributed by atoms with E-state index in [0.29, 0.717) is 5.69 Å². The lowest BCUT2D eigenvalue weighted by molar-refractivity contribution is -0.164. The maximum Gasteiger partial charge on any atom is 0.339 e. The fraction of sp³-hybridized carbons (Fsp3) is 0.385. The number of anilines is 1. The highest BCUT2D eigenvalue weighted by Crippen LogP contribution is 2.29.